The Morgan fingerprint density at radius 1 is 0.692 bits per heavy atom. The van der Waals surface area contributed by atoms with E-state index in [1.54, 1.807) is 0 Å². The topological polar surface area (TPSA) is 0 Å². The zero-order chi connectivity index (χ0) is 10.8. The maximum absolute atomic E-state index is 2.56. The second kappa shape index (κ2) is 4.63. The highest BCUT2D eigenvalue weighted by atomic mass is 28.3. The fourth-order valence-corrected chi connectivity index (χ4v) is 7.08. The van der Waals surface area contributed by atoms with Crippen LogP contribution in [-0.4, -0.2) is 8.07 Å². The number of hydrogen-bond acceptors (Lipinski definition) is 0. The van der Waals surface area contributed by atoms with Gasteiger partial charge in [-0.2, -0.15) is 0 Å². The van der Waals surface area contributed by atoms with Crippen LogP contribution < -0.4 is 0 Å². The summed E-state index contributed by atoms with van der Waals surface area (Å²) in [4.78, 5) is 0. The third-order valence-electron chi connectivity index (χ3n) is 3.78. The van der Waals surface area contributed by atoms with Crippen LogP contribution in [0.5, 0.6) is 0 Å². The van der Waals surface area contributed by atoms with Crippen LogP contribution in [0.1, 0.15) is 41.5 Å². The van der Waals surface area contributed by atoms with Crippen LogP contribution in [0.25, 0.3) is 0 Å². The highest BCUT2D eigenvalue weighted by Gasteiger charge is 2.37. The lowest BCUT2D eigenvalue weighted by Crippen LogP contribution is -2.41. The van der Waals surface area contributed by atoms with Gasteiger partial charge in [-0.05, 0) is 17.4 Å². The first-order valence-corrected chi connectivity index (χ1v) is 8.86. The van der Waals surface area contributed by atoms with Crippen molar-refractivity contribution in [1.82, 2.24) is 0 Å². The van der Waals surface area contributed by atoms with E-state index in [4.69, 9.17) is 0 Å². The summed E-state index contributed by atoms with van der Waals surface area (Å²) in [7, 11) is -1.04. The molecule has 0 nitrogen and oxygen atoms in total. The molecule has 0 radical (unpaired) electrons. The van der Waals surface area contributed by atoms with E-state index in [1.165, 1.54) is 0 Å². The predicted molar refractivity (Wildman–Crippen MR) is 66.0 cm³/mol. The molecular weight excluding hydrogens is 172 g/mol. The van der Waals surface area contributed by atoms with Gasteiger partial charge in [0.25, 0.3) is 0 Å². The molecule has 0 fully saturated rings. The first kappa shape index (κ1) is 13.2. The molecule has 0 aliphatic heterocycles. The molecule has 0 N–H and O–H groups in total. The summed E-state index contributed by atoms with van der Waals surface area (Å²) in [6, 6.07) is 0. The maximum Gasteiger partial charge on any atom is 0.0535 e. The standard InChI is InChI=1S/C12H28Si/c1-9(2)12(10(3)4)13(7,8)11(5)6/h9-12H,1-8H3. The van der Waals surface area contributed by atoms with Crippen molar-refractivity contribution in [3.8, 4) is 0 Å². The van der Waals surface area contributed by atoms with E-state index in [0.29, 0.717) is 0 Å². The molecule has 0 saturated carbocycles. The van der Waals surface area contributed by atoms with Crippen LogP contribution in [0.3, 0.4) is 0 Å². The van der Waals surface area contributed by atoms with E-state index in [0.717, 1.165) is 22.9 Å². The lowest BCUT2D eigenvalue weighted by molar-refractivity contribution is 0.448. The molecule has 0 amide bonds. The molecule has 0 aliphatic rings. The Bertz CT molecular complexity index is 137. The Balaban J connectivity index is 4.73. The van der Waals surface area contributed by atoms with E-state index in [2.05, 4.69) is 54.6 Å². The van der Waals surface area contributed by atoms with Crippen LogP contribution in [0.15, 0.2) is 0 Å². The maximum atomic E-state index is 2.56. The molecule has 0 saturated heterocycles. The van der Waals surface area contributed by atoms with Crippen LogP contribution in [0.2, 0.25) is 24.2 Å². The van der Waals surface area contributed by atoms with Crippen molar-refractivity contribution in [1.29, 1.82) is 0 Å². The fourth-order valence-electron chi connectivity index (χ4n) is 2.87. The summed E-state index contributed by atoms with van der Waals surface area (Å²) < 4.78 is 0. The molecule has 0 bridgehead atoms. The second-order valence-corrected chi connectivity index (χ2v) is 11.5. The highest BCUT2D eigenvalue weighted by Crippen LogP contribution is 2.42. The largest absolute Gasteiger partial charge is 0.0689 e. The molecule has 0 aromatic rings. The molecule has 80 valence electrons. The van der Waals surface area contributed by atoms with Crippen LogP contribution in [0, 0.1) is 11.8 Å². The minimum atomic E-state index is -1.04. The zero-order valence-corrected chi connectivity index (χ0v) is 11.8. The minimum absolute atomic E-state index is 0.851. The molecule has 0 atom stereocenters. The van der Waals surface area contributed by atoms with Crippen molar-refractivity contribution in [3.05, 3.63) is 0 Å². The lowest BCUT2D eigenvalue weighted by atomic mass is 10.00. The SMILES string of the molecule is CC(C)C(C(C)C)[Si](C)(C)C(C)C. The summed E-state index contributed by atoms with van der Waals surface area (Å²) in [5.74, 6) is 1.70. The van der Waals surface area contributed by atoms with Gasteiger partial charge < -0.3 is 0 Å². The van der Waals surface area contributed by atoms with E-state index < -0.39 is 8.07 Å². The van der Waals surface area contributed by atoms with Gasteiger partial charge in [0.15, 0.2) is 0 Å². The van der Waals surface area contributed by atoms with E-state index in [1.807, 2.05) is 0 Å². The molecule has 0 unspecified atom stereocenters. The van der Waals surface area contributed by atoms with Gasteiger partial charge in [-0.15, -0.1) is 0 Å². The van der Waals surface area contributed by atoms with Gasteiger partial charge in [0.2, 0.25) is 0 Å². The van der Waals surface area contributed by atoms with E-state index in [-0.39, 0.29) is 0 Å². The monoisotopic (exact) mass is 200 g/mol. The van der Waals surface area contributed by atoms with Crippen LogP contribution >= 0.6 is 0 Å². The van der Waals surface area contributed by atoms with Gasteiger partial charge in [0.05, 0.1) is 8.07 Å². The van der Waals surface area contributed by atoms with Gasteiger partial charge in [-0.25, -0.2) is 0 Å². The van der Waals surface area contributed by atoms with Crippen molar-refractivity contribution in [2.45, 2.75) is 65.7 Å². The Morgan fingerprint density at radius 2 is 1.00 bits per heavy atom. The average Bonchev–Trinajstić information content (AvgIpc) is 1.82. The normalized spacial score (nSPS) is 13.8. The third kappa shape index (κ3) is 3.12. The first-order valence-electron chi connectivity index (χ1n) is 5.71. The fraction of sp³-hybridized carbons (Fsp3) is 1.00. The lowest BCUT2D eigenvalue weighted by Gasteiger charge is -2.41. The van der Waals surface area contributed by atoms with Gasteiger partial charge in [-0.1, -0.05) is 60.2 Å². The molecule has 0 aromatic carbocycles. The van der Waals surface area contributed by atoms with Crippen LogP contribution in [-0.2, 0) is 0 Å². The van der Waals surface area contributed by atoms with Crippen molar-refractivity contribution in [2.24, 2.45) is 11.8 Å². The summed E-state index contributed by atoms with van der Waals surface area (Å²) in [5, 5.41) is 0. The summed E-state index contributed by atoms with van der Waals surface area (Å²) in [5.41, 5.74) is 1.87. The summed E-state index contributed by atoms with van der Waals surface area (Å²) in [6.45, 7) is 19.5. The van der Waals surface area contributed by atoms with E-state index >= 15 is 0 Å². The summed E-state index contributed by atoms with van der Waals surface area (Å²) >= 11 is 0. The van der Waals surface area contributed by atoms with Gasteiger partial charge in [0.1, 0.15) is 0 Å². The molecular formula is C12H28Si. The number of rotatable bonds is 4. The molecule has 13 heavy (non-hydrogen) atoms. The Morgan fingerprint density at radius 3 is 1.08 bits per heavy atom. The van der Waals surface area contributed by atoms with Gasteiger partial charge in [-0.3, -0.25) is 0 Å². The van der Waals surface area contributed by atoms with Crippen molar-refractivity contribution >= 4 is 8.07 Å². The molecule has 0 aromatic heterocycles. The number of hydrogen-bond donors (Lipinski definition) is 0. The van der Waals surface area contributed by atoms with Crippen molar-refractivity contribution in [3.63, 3.8) is 0 Å². The molecule has 0 aliphatic carbocycles. The molecule has 0 heterocycles. The van der Waals surface area contributed by atoms with Crippen molar-refractivity contribution < 1.29 is 0 Å². The average molecular weight is 200 g/mol. The Kier molecular flexibility index (Phi) is 4.71. The Hall–Kier alpha value is 0.217. The smallest absolute Gasteiger partial charge is 0.0535 e. The second-order valence-electron chi connectivity index (χ2n) is 5.99. The van der Waals surface area contributed by atoms with Crippen molar-refractivity contribution in [2.75, 3.05) is 0 Å². The quantitative estimate of drug-likeness (QED) is 0.573. The summed E-state index contributed by atoms with van der Waals surface area (Å²) in [6.07, 6.45) is 0. The van der Waals surface area contributed by atoms with E-state index in [9.17, 15) is 0 Å². The zero-order valence-electron chi connectivity index (χ0n) is 10.8. The molecule has 1 heteroatoms. The highest BCUT2D eigenvalue weighted by molar-refractivity contribution is 6.80. The predicted octanol–water partition coefficient (Wildman–Crippen LogP) is 4.79. The molecule has 0 rings (SSSR count). The minimum Gasteiger partial charge on any atom is -0.0689 e. The first-order chi connectivity index (χ1) is 5.71. The third-order valence-corrected chi connectivity index (χ3v) is 9.81. The Labute approximate surface area is 86.1 Å². The van der Waals surface area contributed by atoms with Gasteiger partial charge >= 0.3 is 0 Å². The molecule has 0 spiro atoms. The van der Waals surface area contributed by atoms with Crippen LogP contribution in [0.4, 0.5) is 0 Å². The van der Waals surface area contributed by atoms with Gasteiger partial charge in [0, 0.05) is 0 Å².